The molecule has 0 aromatic heterocycles. The number of carbonyl (C=O) groups excluding carboxylic acids is 1. The Balaban J connectivity index is 1.74. The summed E-state index contributed by atoms with van der Waals surface area (Å²) in [5.74, 6) is 0.0457. The Kier molecular flexibility index (Phi) is 6.26. The van der Waals surface area contributed by atoms with Gasteiger partial charge in [-0.3, -0.25) is 4.79 Å². The first-order chi connectivity index (χ1) is 14.8. The Morgan fingerprint density at radius 2 is 1.77 bits per heavy atom. The highest BCUT2D eigenvalue weighted by Crippen LogP contribution is 2.43. The number of anilines is 1. The molecule has 0 radical (unpaired) electrons. The van der Waals surface area contributed by atoms with E-state index in [4.69, 9.17) is 0 Å². The molecule has 2 aliphatic rings. The lowest BCUT2D eigenvalue weighted by Crippen LogP contribution is -2.39. The fourth-order valence-electron chi connectivity index (χ4n) is 4.49. The number of nitrogens with zero attached hydrogens (tertiary/aromatic N) is 2. The molecule has 31 heavy (non-hydrogen) atoms. The number of amidine groups is 1. The number of fused-ring (bicyclic) bond motifs is 1. The van der Waals surface area contributed by atoms with E-state index in [-0.39, 0.29) is 35.1 Å². The van der Waals surface area contributed by atoms with Crippen molar-refractivity contribution < 1.29 is 13.2 Å². The summed E-state index contributed by atoms with van der Waals surface area (Å²) in [4.78, 5) is 19.4. The fourth-order valence-corrected chi connectivity index (χ4v) is 8.41. The van der Waals surface area contributed by atoms with Crippen LogP contribution in [0.1, 0.15) is 36.1 Å². The maximum Gasteiger partial charge on any atom is 0.252 e. The van der Waals surface area contributed by atoms with E-state index in [0.717, 1.165) is 40.8 Å². The second-order valence-corrected chi connectivity index (χ2v) is 11.6. The molecule has 2 fully saturated rings. The zero-order chi connectivity index (χ0) is 22.2. The van der Waals surface area contributed by atoms with Crippen molar-refractivity contribution in [2.75, 3.05) is 16.4 Å². The standard InChI is InChI=1S/C24H28N2O3S2/c1-4-18-10-7-11-19(5-2)23(18)26-20-14-31(28,29)15-21(20)30-24(26)25-22(27)13-17-9-6-8-16(3)12-17/h6-12,20-21H,4-5,13-15H2,1-3H3/t20-,21+/m1/s1. The smallest absolute Gasteiger partial charge is 0.252 e. The van der Waals surface area contributed by atoms with Crippen LogP contribution in [0.4, 0.5) is 5.69 Å². The molecule has 4 rings (SSSR count). The maximum absolute atomic E-state index is 12.9. The van der Waals surface area contributed by atoms with Crippen LogP contribution in [0.2, 0.25) is 0 Å². The lowest BCUT2D eigenvalue weighted by Gasteiger charge is -2.29. The molecule has 2 atom stereocenters. The molecule has 0 aliphatic carbocycles. The molecule has 7 heteroatoms. The number of hydrogen-bond acceptors (Lipinski definition) is 4. The third-order valence-corrected chi connectivity index (χ3v) is 9.14. The van der Waals surface area contributed by atoms with E-state index in [1.54, 1.807) is 0 Å². The average molecular weight is 457 g/mol. The number of carbonyl (C=O) groups is 1. The molecule has 2 aromatic carbocycles. The van der Waals surface area contributed by atoms with Gasteiger partial charge in [-0.1, -0.05) is 73.6 Å². The zero-order valence-electron chi connectivity index (χ0n) is 18.2. The lowest BCUT2D eigenvalue weighted by atomic mass is 10.0. The van der Waals surface area contributed by atoms with Gasteiger partial charge in [0.1, 0.15) is 0 Å². The van der Waals surface area contributed by atoms with Gasteiger partial charge in [0.25, 0.3) is 5.91 Å². The number of hydrogen-bond donors (Lipinski definition) is 0. The van der Waals surface area contributed by atoms with Gasteiger partial charge >= 0.3 is 0 Å². The number of amides is 1. The average Bonchev–Trinajstić information content (AvgIpc) is 3.17. The van der Waals surface area contributed by atoms with E-state index in [0.29, 0.717) is 5.17 Å². The van der Waals surface area contributed by atoms with Crippen molar-refractivity contribution in [3.05, 3.63) is 64.7 Å². The van der Waals surface area contributed by atoms with Gasteiger partial charge in [-0.25, -0.2) is 8.42 Å². The van der Waals surface area contributed by atoms with Crippen molar-refractivity contribution in [2.45, 2.75) is 51.3 Å². The first kappa shape index (κ1) is 22.1. The minimum atomic E-state index is -3.09. The molecule has 1 amide bonds. The first-order valence-electron chi connectivity index (χ1n) is 10.8. The molecular weight excluding hydrogens is 428 g/mol. The van der Waals surface area contributed by atoms with E-state index >= 15 is 0 Å². The number of thioether (sulfide) groups is 1. The second-order valence-electron chi connectivity index (χ2n) is 8.26. The molecule has 2 aliphatic heterocycles. The minimum Gasteiger partial charge on any atom is -0.315 e. The summed E-state index contributed by atoms with van der Waals surface area (Å²) >= 11 is 1.44. The SMILES string of the molecule is CCc1cccc(CC)c1N1C(=NC(=O)Cc2cccc(C)c2)S[C@H]2CS(=O)(=O)C[C@H]21. The van der Waals surface area contributed by atoms with Crippen LogP contribution in [-0.2, 0) is 33.9 Å². The molecule has 0 saturated carbocycles. The molecule has 2 saturated heterocycles. The maximum atomic E-state index is 12.9. The van der Waals surface area contributed by atoms with Crippen LogP contribution >= 0.6 is 11.8 Å². The Labute approximate surface area is 188 Å². The Morgan fingerprint density at radius 1 is 1.10 bits per heavy atom. The molecule has 0 spiro atoms. The van der Waals surface area contributed by atoms with Crippen molar-refractivity contribution in [1.82, 2.24) is 0 Å². The van der Waals surface area contributed by atoms with Gasteiger partial charge in [0.2, 0.25) is 0 Å². The topological polar surface area (TPSA) is 66.8 Å². The number of rotatable bonds is 5. The lowest BCUT2D eigenvalue weighted by molar-refractivity contribution is -0.117. The Bertz CT molecular complexity index is 1120. The third kappa shape index (κ3) is 4.58. The first-order valence-corrected chi connectivity index (χ1v) is 13.5. The molecule has 2 aromatic rings. The summed E-state index contributed by atoms with van der Waals surface area (Å²) in [5, 5.41) is 0.545. The van der Waals surface area contributed by atoms with Crippen LogP contribution in [0.3, 0.4) is 0 Å². The van der Waals surface area contributed by atoms with Crippen molar-refractivity contribution >= 4 is 38.4 Å². The fraction of sp³-hybridized carbons (Fsp3) is 0.417. The normalized spacial score (nSPS) is 23.3. The summed E-state index contributed by atoms with van der Waals surface area (Å²) in [6.07, 6.45) is 1.90. The van der Waals surface area contributed by atoms with E-state index < -0.39 is 9.84 Å². The van der Waals surface area contributed by atoms with Crippen LogP contribution in [0.15, 0.2) is 47.5 Å². The number of aryl methyl sites for hydroxylation is 3. The van der Waals surface area contributed by atoms with E-state index in [9.17, 15) is 13.2 Å². The monoisotopic (exact) mass is 456 g/mol. The predicted molar refractivity (Wildman–Crippen MR) is 129 cm³/mol. The quantitative estimate of drug-likeness (QED) is 0.681. The summed E-state index contributed by atoms with van der Waals surface area (Å²) in [5.41, 5.74) is 5.40. The number of sulfone groups is 1. The highest BCUT2D eigenvalue weighted by atomic mass is 32.2. The van der Waals surface area contributed by atoms with Gasteiger partial charge in [-0.15, -0.1) is 0 Å². The summed E-state index contributed by atoms with van der Waals surface area (Å²) in [7, 11) is -3.09. The van der Waals surface area contributed by atoms with Gasteiger partial charge in [0.15, 0.2) is 15.0 Å². The summed E-state index contributed by atoms with van der Waals surface area (Å²) < 4.78 is 24.8. The molecule has 0 bridgehead atoms. The second kappa shape index (κ2) is 8.79. The number of para-hydroxylation sites is 1. The zero-order valence-corrected chi connectivity index (χ0v) is 19.8. The van der Waals surface area contributed by atoms with Gasteiger partial charge in [0, 0.05) is 10.9 Å². The Morgan fingerprint density at radius 3 is 2.42 bits per heavy atom. The van der Waals surface area contributed by atoms with Gasteiger partial charge in [0.05, 0.1) is 24.0 Å². The molecule has 0 unspecified atom stereocenters. The summed E-state index contributed by atoms with van der Waals surface area (Å²) in [6.45, 7) is 6.21. The van der Waals surface area contributed by atoms with Crippen molar-refractivity contribution in [3.8, 4) is 0 Å². The van der Waals surface area contributed by atoms with E-state index in [2.05, 4.69) is 35.9 Å². The van der Waals surface area contributed by atoms with Crippen LogP contribution in [0, 0.1) is 6.92 Å². The highest BCUT2D eigenvalue weighted by molar-refractivity contribution is 8.16. The van der Waals surface area contributed by atoms with Crippen LogP contribution in [0.25, 0.3) is 0 Å². The predicted octanol–water partition coefficient (Wildman–Crippen LogP) is 3.96. The van der Waals surface area contributed by atoms with Gasteiger partial charge in [-0.05, 0) is 36.5 Å². The van der Waals surface area contributed by atoms with Crippen LogP contribution < -0.4 is 4.90 Å². The number of aliphatic imine (C=N–C) groups is 1. The third-order valence-electron chi connectivity index (χ3n) is 5.93. The van der Waals surface area contributed by atoms with Gasteiger partial charge in [-0.2, -0.15) is 4.99 Å². The summed E-state index contributed by atoms with van der Waals surface area (Å²) in [6, 6.07) is 13.9. The van der Waals surface area contributed by atoms with E-state index in [1.807, 2.05) is 37.3 Å². The number of benzene rings is 2. The van der Waals surface area contributed by atoms with E-state index in [1.165, 1.54) is 11.8 Å². The van der Waals surface area contributed by atoms with Crippen molar-refractivity contribution in [3.63, 3.8) is 0 Å². The van der Waals surface area contributed by atoms with Crippen molar-refractivity contribution in [2.24, 2.45) is 4.99 Å². The van der Waals surface area contributed by atoms with Crippen molar-refractivity contribution in [1.29, 1.82) is 0 Å². The molecular formula is C24H28N2O3S2. The molecule has 0 N–H and O–H groups in total. The largest absolute Gasteiger partial charge is 0.315 e. The molecule has 2 heterocycles. The highest BCUT2D eigenvalue weighted by Gasteiger charge is 2.50. The minimum absolute atomic E-state index is 0.0925. The van der Waals surface area contributed by atoms with Gasteiger partial charge < -0.3 is 4.90 Å². The molecule has 164 valence electrons. The molecule has 5 nitrogen and oxygen atoms in total. The van der Waals surface area contributed by atoms with Crippen LogP contribution in [-0.4, -0.2) is 42.3 Å². The van der Waals surface area contributed by atoms with Crippen LogP contribution in [0.5, 0.6) is 0 Å². The Hall–Kier alpha value is -2.12.